The monoisotopic (exact) mass is 1100 g/mol. The zero-order chi connectivity index (χ0) is 56.5. The van der Waals surface area contributed by atoms with Crippen molar-refractivity contribution in [3.63, 3.8) is 0 Å². The smallest absolute Gasteiger partial charge is 0.479 e. The summed E-state index contributed by atoms with van der Waals surface area (Å²) in [6, 6.07) is 30.4. The number of carbonyl (C=O) groups excluding carboxylic acids is 5. The number of aliphatic hydroxyl groups excluding tert-OH is 2. The maximum atomic E-state index is 12.5. The number of hydrogen-bond acceptors (Lipinski definition) is 15. The number of rotatable bonds is 21. The van der Waals surface area contributed by atoms with E-state index in [0.29, 0.717) is 22.9 Å². The Morgan fingerprint density at radius 2 is 0.920 bits per heavy atom. The summed E-state index contributed by atoms with van der Waals surface area (Å²) in [4.78, 5) is 69.8. The molecular weight excluding hydrogens is 1030 g/mol. The van der Waals surface area contributed by atoms with Gasteiger partial charge in [0, 0.05) is 22.9 Å². The largest absolute Gasteiger partial charge is 0.511 e. The zero-order valence-corrected chi connectivity index (χ0v) is 46.4. The van der Waals surface area contributed by atoms with Crippen LogP contribution in [0, 0.1) is 11.8 Å². The zero-order valence-electron chi connectivity index (χ0n) is 44.1. The first kappa shape index (κ1) is 65.2. The Morgan fingerprint density at radius 3 is 1.27 bits per heavy atom. The second-order valence-electron chi connectivity index (χ2n) is 19.8. The average Bonchev–Trinajstić information content (AvgIpc) is 3.28. The third-order valence-corrected chi connectivity index (χ3v) is 10.5. The van der Waals surface area contributed by atoms with Crippen molar-refractivity contribution in [1.82, 2.24) is 0 Å². The normalized spacial score (nSPS) is 12.8. The molecule has 4 aromatic carbocycles. The molecule has 0 radical (unpaired) electrons. The van der Waals surface area contributed by atoms with E-state index < -0.39 is 72.3 Å². The van der Waals surface area contributed by atoms with Gasteiger partial charge in [0.1, 0.15) is 11.2 Å². The molecule has 4 atom stereocenters. The summed E-state index contributed by atoms with van der Waals surface area (Å²) in [5, 5.41) is 30.5. The van der Waals surface area contributed by atoms with Gasteiger partial charge in [-0.25, -0.2) is 19.2 Å². The molecule has 0 unspecified atom stereocenters. The van der Waals surface area contributed by atoms with Gasteiger partial charge in [-0.05, 0) is 164 Å². The van der Waals surface area contributed by atoms with E-state index in [2.05, 4.69) is 14.2 Å². The summed E-state index contributed by atoms with van der Waals surface area (Å²) < 4.78 is 33.9. The molecular formula is C56H71Cl3O16. The van der Waals surface area contributed by atoms with E-state index >= 15 is 0 Å². The van der Waals surface area contributed by atoms with Crippen molar-refractivity contribution in [2.45, 2.75) is 143 Å². The molecule has 0 heterocycles. The van der Waals surface area contributed by atoms with Gasteiger partial charge >= 0.3 is 36.2 Å². The van der Waals surface area contributed by atoms with Gasteiger partial charge < -0.3 is 48.5 Å². The summed E-state index contributed by atoms with van der Waals surface area (Å²) >= 11 is 17.2. The SMILES string of the molecule is CC(C)(C)OC(=O)C[C@H](Cc1ccc(-c2cccc(Cl)c2)cc1)C[C@@H](O)C(=O)O.CC(C)OC(=O)OCCl.CC(C)OC(=O)OCOC(=O)[C@H](O)C[C@H](CC(=O)OC(C)(C)C)Cc1ccc(-c2cccc(Cl)c2)cc1. The molecule has 0 saturated heterocycles. The van der Waals surface area contributed by atoms with E-state index in [-0.39, 0.29) is 49.9 Å². The minimum atomic E-state index is -1.53. The highest BCUT2D eigenvalue weighted by Gasteiger charge is 2.28. The fourth-order valence-corrected chi connectivity index (χ4v) is 7.41. The molecule has 0 aliphatic heterocycles. The van der Waals surface area contributed by atoms with E-state index in [1.54, 1.807) is 75.3 Å². The van der Waals surface area contributed by atoms with Crippen molar-refractivity contribution in [1.29, 1.82) is 0 Å². The van der Waals surface area contributed by atoms with Crippen molar-refractivity contribution >= 4 is 71.0 Å². The van der Waals surface area contributed by atoms with E-state index in [1.807, 2.05) is 91.0 Å². The van der Waals surface area contributed by atoms with Gasteiger partial charge in [0.25, 0.3) is 0 Å². The summed E-state index contributed by atoms with van der Waals surface area (Å²) in [5.41, 5.74) is 4.53. The highest BCUT2D eigenvalue weighted by atomic mass is 35.5. The Kier molecular flexibility index (Phi) is 28.3. The third-order valence-electron chi connectivity index (χ3n) is 9.91. The molecule has 0 aliphatic carbocycles. The van der Waals surface area contributed by atoms with Crippen LogP contribution in [0.15, 0.2) is 97.1 Å². The lowest BCUT2D eigenvalue weighted by molar-refractivity contribution is -0.165. The van der Waals surface area contributed by atoms with Crippen LogP contribution >= 0.6 is 34.8 Å². The molecule has 0 aliphatic rings. The van der Waals surface area contributed by atoms with Crippen LogP contribution in [0.2, 0.25) is 10.0 Å². The first-order valence-electron chi connectivity index (χ1n) is 24.1. The number of aliphatic hydroxyl groups is 2. The molecule has 0 bridgehead atoms. The van der Waals surface area contributed by atoms with E-state index in [4.69, 9.17) is 58.9 Å². The predicted octanol–water partition coefficient (Wildman–Crippen LogP) is 12.2. The number of alkyl halides is 1. The first-order valence-corrected chi connectivity index (χ1v) is 25.4. The molecule has 4 aromatic rings. The average molecular weight is 1110 g/mol. The Balaban J connectivity index is 0.000000449. The van der Waals surface area contributed by atoms with E-state index in [1.165, 1.54) is 0 Å². The number of carboxylic acid groups (broad SMARTS) is 1. The molecule has 412 valence electrons. The third kappa shape index (κ3) is 29.1. The molecule has 0 saturated carbocycles. The molecule has 19 heteroatoms. The Bertz CT molecular complexity index is 2410. The van der Waals surface area contributed by atoms with Crippen molar-refractivity contribution in [2.75, 3.05) is 12.9 Å². The summed E-state index contributed by atoms with van der Waals surface area (Å²) in [6.45, 7) is 16.7. The van der Waals surface area contributed by atoms with Crippen LogP contribution in [-0.2, 0) is 65.2 Å². The van der Waals surface area contributed by atoms with Crippen LogP contribution in [0.1, 0.15) is 106 Å². The second kappa shape index (κ2) is 32.5. The summed E-state index contributed by atoms with van der Waals surface area (Å²) in [6.07, 6.45) is -4.46. The van der Waals surface area contributed by atoms with Gasteiger partial charge in [0.2, 0.25) is 6.79 Å². The highest BCUT2D eigenvalue weighted by Crippen LogP contribution is 2.28. The lowest BCUT2D eigenvalue weighted by atomic mass is 9.90. The lowest BCUT2D eigenvalue weighted by Crippen LogP contribution is -2.30. The number of aliphatic carboxylic acids is 1. The van der Waals surface area contributed by atoms with Gasteiger partial charge in [-0.2, -0.15) is 0 Å². The molecule has 0 amide bonds. The van der Waals surface area contributed by atoms with Gasteiger partial charge in [-0.1, -0.05) is 108 Å². The number of hydrogen-bond donors (Lipinski definition) is 3. The van der Waals surface area contributed by atoms with E-state index in [0.717, 1.165) is 33.4 Å². The molecule has 0 fully saturated rings. The molecule has 3 N–H and O–H groups in total. The van der Waals surface area contributed by atoms with Gasteiger partial charge in [-0.15, -0.1) is 0 Å². The quantitative estimate of drug-likeness (QED) is 0.0305. The van der Waals surface area contributed by atoms with Crippen molar-refractivity contribution < 1.29 is 77.2 Å². The van der Waals surface area contributed by atoms with Gasteiger partial charge in [-0.3, -0.25) is 9.59 Å². The predicted molar refractivity (Wildman–Crippen MR) is 285 cm³/mol. The summed E-state index contributed by atoms with van der Waals surface area (Å²) in [5.74, 6) is -3.88. The number of ether oxygens (including phenoxy) is 7. The fraction of sp³-hybridized carbons (Fsp3) is 0.464. The minimum Gasteiger partial charge on any atom is -0.479 e. The van der Waals surface area contributed by atoms with Crippen LogP contribution in [0.25, 0.3) is 22.3 Å². The van der Waals surface area contributed by atoms with Crippen LogP contribution in [0.3, 0.4) is 0 Å². The number of benzene rings is 4. The Hall–Kier alpha value is -5.91. The van der Waals surface area contributed by atoms with Crippen LogP contribution in [0.4, 0.5) is 9.59 Å². The number of halogens is 3. The first-order chi connectivity index (χ1) is 35.0. The Labute approximate surface area is 454 Å². The maximum absolute atomic E-state index is 12.5. The van der Waals surface area contributed by atoms with Crippen molar-refractivity contribution in [2.24, 2.45) is 11.8 Å². The lowest BCUT2D eigenvalue weighted by Gasteiger charge is -2.23. The van der Waals surface area contributed by atoms with E-state index in [9.17, 15) is 39.0 Å². The second-order valence-corrected chi connectivity index (χ2v) is 20.9. The van der Waals surface area contributed by atoms with Crippen LogP contribution < -0.4 is 0 Å². The molecule has 4 rings (SSSR count). The maximum Gasteiger partial charge on any atom is 0.511 e. The molecule has 0 spiro atoms. The standard InChI is InChI=1S/C28H35ClO8.C23H27ClO5.C5H9ClO3/c1-18(2)36-27(33)35-17-34-26(32)24(30)14-20(15-25(31)37-28(3,4)5)13-19-9-11-21(12-10-19)22-7-6-8-23(29)16-22;1-23(2,3)29-21(26)13-16(12-20(25)22(27)28)11-15-7-9-17(10-8-15)18-5-4-6-19(24)14-18;1-4(2)9-5(7)8-3-6/h6-12,16,18,20,24,30H,13-15,17H2,1-5H3;4-10,14,16,20,25H,11-13H2,1-3H3,(H,27,28);4H,3H2,1-2H3/t20-,24-;16-,20-;/m11./s1. The summed E-state index contributed by atoms with van der Waals surface area (Å²) in [7, 11) is 0. The molecule has 0 aromatic heterocycles. The molecule has 75 heavy (non-hydrogen) atoms. The van der Waals surface area contributed by atoms with Crippen LogP contribution in [0.5, 0.6) is 0 Å². The van der Waals surface area contributed by atoms with Crippen molar-refractivity contribution in [3.05, 3.63) is 118 Å². The van der Waals surface area contributed by atoms with Crippen molar-refractivity contribution in [3.8, 4) is 22.3 Å². The van der Waals surface area contributed by atoms with Crippen LogP contribution in [-0.4, -0.2) is 100.0 Å². The molecule has 16 nitrogen and oxygen atoms in total. The number of carbonyl (C=O) groups is 6. The van der Waals surface area contributed by atoms with Gasteiger partial charge in [0.15, 0.2) is 18.3 Å². The highest BCUT2D eigenvalue weighted by molar-refractivity contribution is 6.31. The topological polar surface area (TPSA) is 228 Å². The number of esters is 3. The Morgan fingerprint density at radius 1 is 0.533 bits per heavy atom. The number of carboxylic acids is 1. The van der Waals surface area contributed by atoms with Gasteiger partial charge in [0.05, 0.1) is 12.2 Å². The minimum absolute atomic E-state index is 0.00509. The fourth-order valence-electron chi connectivity index (χ4n) is 6.94.